The maximum absolute atomic E-state index is 11.7. The van der Waals surface area contributed by atoms with Gasteiger partial charge in [0.25, 0.3) is 5.24 Å². The van der Waals surface area contributed by atoms with Crippen LogP contribution in [0.4, 0.5) is 10.5 Å². The highest BCUT2D eigenvalue weighted by atomic mass is 32.2. The quantitative estimate of drug-likeness (QED) is 0.547. The summed E-state index contributed by atoms with van der Waals surface area (Å²) in [6.45, 7) is 0.873. The molecular formula is C15H19N3O4S. The van der Waals surface area contributed by atoms with Crippen molar-refractivity contribution in [1.29, 1.82) is 0 Å². The summed E-state index contributed by atoms with van der Waals surface area (Å²) in [6, 6.07) is 7.18. The molecule has 0 bridgehead atoms. The number of nitrogen functional groups attached to an aromatic ring is 1. The van der Waals surface area contributed by atoms with E-state index in [9.17, 15) is 14.4 Å². The van der Waals surface area contributed by atoms with Crippen molar-refractivity contribution >= 4 is 34.5 Å². The van der Waals surface area contributed by atoms with E-state index in [0.717, 1.165) is 16.7 Å². The number of imide groups is 1. The number of nitrogens with zero attached hydrogens (tertiary/aromatic N) is 1. The highest BCUT2D eigenvalue weighted by Gasteiger charge is 2.29. The van der Waals surface area contributed by atoms with Crippen molar-refractivity contribution in [1.82, 2.24) is 10.2 Å². The van der Waals surface area contributed by atoms with E-state index in [1.54, 1.807) is 12.1 Å². The van der Waals surface area contributed by atoms with Crippen LogP contribution in [0.2, 0.25) is 0 Å². The van der Waals surface area contributed by atoms with Gasteiger partial charge in [-0.1, -0.05) is 23.9 Å². The summed E-state index contributed by atoms with van der Waals surface area (Å²) in [5, 5.41) is 2.43. The van der Waals surface area contributed by atoms with Crippen molar-refractivity contribution in [2.24, 2.45) is 0 Å². The fraction of sp³-hybridized carbons (Fsp3) is 0.400. The number of carbonyl (C=O) groups is 3. The predicted molar refractivity (Wildman–Crippen MR) is 88.2 cm³/mol. The minimum Gasteiger partial charge on any atom is -0.491 e. The van der Waals surface area contributed by atoms with Crippen LogP contribution in [0.1, 0.15) is 12.8 Å². The molecule has 3 amide bonds. The van der Waals surface area contributed by atoms with Crippen LogP contribution in [0.5, 0.6) is 5.75 Å². The molecule has 0 aliphatic carbocycles. The topological polar surface area (TPSA) is 102 Å². The predicted octanol–water partition coefficient (Wildman–Crippen LogP) is 1.24. The van der Waals surface area contributed by atoms with Gasteiger partial charge in [-0.05, 0) is 18.6 Å². The molecule has 1 aliphatic rings. The van der Waals surface area contributed by atoms with Gasteiger partial charge in [-0.15, -0.1) is 0 Å². The number of hydrogen-bond donors (Lipinski definition) is 2. The fourth-order valence-corrected chi connectivity index (χ4v) is 2.77. The standard InChI is InChI=1S/C15H19N3O4S/c16-11-4-1-2-5-12(11)22-9-3-6-13(19)17-7-8-18-14(20)10-23-15(18)21/h1-2,4-5H,3,6-10,16H2,(H,17,19). The van der Waals surface area contributed by atoms with Gasteiger partial charge in [-0.3, -0.25) is 19.3 Å². The van der Waals surface area contributed by atoms with Crippen LogP contribution >= 0.6 is 11.8 Å². The van der Waals surface area contributed by atoms with E-state index in [0.29, 0.717) is 30.9 Å². The van der Waals surface area contributed by atoms with Crippen molar-refractivity contribution in [2.75, 3.05) is 31.2 Å². The van der Waals surface area contributed by atoms with Gasteiger partial charge in [-0.2, -0.15) is 0 Å². The number of ether oxygens (including phenoxy) is 1. The van der Waals surface area contributed by atoms with Gasteiger partial charge in [0.1, 0.15) is 5.75 Å². The highest BCUT2D eigenvalue weighted by molar-refractivity contribution is 8.14. The summed E-state index contributed by atoms with van der Waals surface area (Å²) in [6.07, 6.45) is 0.862. The number of anilines is 1. The average molecular weight is 337 g/mol. The number of rotatable bonds is 8. The Kier molecular flexibility index (Phi) is 6.28. The molecule has 7 nitrogen and oxygen atoms in total. The number of benzene rings is 1. The Morgan fingerprint density at radius 1 is 1.35 bits per heavy atom. The van der Waals surface area contributed by atoms with Gasteiger partial charge >= 0.3 is 0 Å². The monoisotopic (exact) mass is 337 g/mol. The number of para-hydroxylation sites is 2. The third-order valence-corrected chi connectivity index (χ3v) is 4.08. The number of nitrogens with one attached hydrogen (secondary N) is 1. The van der Waals surface area contributed by atoms with Crippen molar-refractivity contribution in [3.63, 3.8) is 0 Å². The lowest BCUT2D eigenvalue weighted by Crippen LogP contribution is -2.37. The highest BCUT2D eigenvalue weighted by Crippen LogP contribution is 2.20. The summed E-state index contributed by atoms with van der Waals surface area (Å²) >= 11 is 0.986. The van der Waals surface area contributed by atoms with Gasteiger partial charge in [0.2, 0.25) is 11.8 Å². The molecule has 3 N–H and O–H groups in total. The molecule has 124 valence electrons. The molecule has 0 unspecified atom stereocenters. The van der Waals surface area contributed by atoms with Gasteiger partial charge < -0.3 is 15.8 Å². The van der Waals surface area contributed by atoms with Crippen LogP contribution in [0.3, 0.4) is 0 Å². The van der Waals surface area contributed by atoms with Crippen LogP contribution < -0.4 is 15.8 Å². The second-order valence-corrected chi connectivity index (χ2v) is 5.87. The van der Waals surface area contributed by atoms with Gasteiger partial charge in [-0.25, -0.2) is 0 Å². The molecule has 1 fully saturated rings. The molecule has 0 radical (unpaired) electrons. The first kappa shape index (κ1) is 17.1. The van der Waals surface area contributed by atoms with E-state index < -0.39 is 0 Å². The summed E-state index contributed by atoms with van der Waals surface area (Å²) in [4.78, 5) is 35.6. The number of thioether (sulfide) groups is 1. The minimum atomic E-state index is -0.252. The summed E-state index contributed by atoms with van der Waals surface area (Å²) in [5.41, 5.74) is 6.31. The summed E-state index contributed by atoms with van der Waals surface area (Å²) in [7, 11) is 0. The Morgan fingerprint density at radius 2 is 2.13 bits per heavy atom. The molecule has 1 aromatic carbocycles. The fourth-order valence-electron chi connectivity index (χ4n) is 2.02. The largest absolute Gasteiger partial charge is 0.491 e. The molecule has 8 heteroatoms. The number of nitrogens with two attached hydrogens (primary N) is 1. The normalized spacial score (nSPS) is 14.2. The van der Waals surface area contributed by atoms with E-state index in [-0.39, 0.29) is 35.9 Å². The van der Waals surface area contributed by atoms with E-state index in [2.05, 4.69) is 5.32 Å². The second-order valence-electron chi connectivity index (χ2n) is 4.94. The molecular weight excluding hydrogens is 318 g/mol. The number of carbonyl (C=O) groups excluding carboxylic acids is 3. The lowest BCUT2D eigenvalue weighted by atomic mass is 10.3. The van der Waals surface area contributed by atoms with E-state index in [4.69, 9.17) is 10.5 Å². The Morgan fingerprint density at radius 3 is 2.83 bits per heavy atom. The average Bonchev–Trinajstić information content (AvgIpc) is 2.85. The molecule has 0 saturated carbocycles. The molecule has 0 atom stereocenters. The van der Waals surface area contributed by atoms with Crippen molar-refractivity contribution in [2.45, 2.75) is 12.8 Å². The van der Waals surface area contributed by atoms with E-state index in [1.807, 2.05) is 12.1 Å². The minimum absolute atomic E-state index is 0.138. The van der Waals surface area contributed by atoms with Gasteiger partial charge in [0.05, 0.1) is 18.0 Å². The maximum Gasteiger partial charge on any atom is 0.288 e. The zero-order valence-corrected chi connectivity index (χ0v) is 13.4. The van der Waals surface area contributed by atoms with Crippen molar-refractivity contribution in [3.05, 3.63) is 24.3 Å². The molecule has 0 spiro atoms. The molecule has 1 heterocycles. The Balaban J connectivity index is 1.58. The van der Waals surface area contributed by atoms with E-state index in [1.165, 1.54) is 0 Å². The third kappa shape index (κ3) is 5.17. The summed E-state index contributed by atoms with van der Waals surface area (Å²) < 4.78 is 5.50. The molecule has 0 aromatic heterocycles. The zero-order chi connectivity index (χ0) is 16.7. The molecule has 23 heavy (non-hydrogen) atoms. The SMILES string of the molecule is Nc1ccccc1OCCCC(=O)NCCN1C(=O)CSC1=O. The maximum atomic E-state index is 11.7. The first-order chi connectivity index (χ1) is 11.1. The first-order valence-electron chi connectivity index (χ1n) is 7.29. The Hall–Kier alpha value is -2.22. The smallest absolute Gasteiger partial charge is 0.288 e. The van der Waals surface area contributed by atoms with Crippen molar-refractivity contribution < 1.29 is 19.1 Å². The second kappa shape index (κ2) is 8.42. The van der Waals surface area contributed by atoms with E-state index >= 15 is 0 Å². The van der Waals surface area contributed by atoms with Crippen molar-refractivity contribution in [3.8, 4) is 5.75 Å². The first-order valence-corrected chi connectivity index (χ1v) is 8.27. The Labute approximate surface area is 138 Å². The lowest BCUT2D eigenvalue weighted by molar-refractivity contribution is -0.125. The van der Waals surface area contributed by atoms with Crippen LogP contribution in [0.25, 0.3) is 0 Å². The molecule has 1 aliphatic heterocycles. The van der Waals surface area contributed by atoms with Crippen LogP contribution in [0, 0.1) is 0 Å². The van der Waals surface area contributed by atoms with Crippen LogP contribution in [0.15, 0.2) is 24.3 Å². The van der Waals surface area contributed by atoms with Gasteiger partial charge in [0.15, 0.2) is 0 Å². The number of amides is 3. The van der Waals surface area contributed by atoms with Crippen LogP contribution in [-0.4, -0.2) is 47.4 Å². The third-order valence-electron chi connectivity index (χ3n) is 3.22. The molecule has 2 rings (SSSR count). The molecule has 1 aromatic rings. The Bertz CT molecular complexity index is 578. The summed E-state index contributed by atoms with van der Waals surface area (Å²) in [5.74, 6) is 0.452. The van der Waals surface area contributed by atoms with Gasteiger partial charge in [0, 0.05) is 19.5 Å². The lowest BCUT2D eigenvalue weighted by Gasteiger charge is -2.13. The zero-order valence-electron chi connectivity index (χ0n) is 12.6. The number of hydrogen-bond acceptors (Lipinski definition) is 6. The van der Waals surface area contributed by atoms with Crippen LogP contribution in [-0.2, 0) is 9.59 Å². The molecule has 1 saturated heterocycles.